The zero-order valence-electron chi connectivity index (χ0n) is 19.3. The van der Waals surface area contributed by atoms with Crippen LogP contribution >= 0.6 is 7.29 Å². The zero-order chi connectivity index (χ0) is 23.6. The number of esters is 1. The fourth-order valence-electron chi connectivity index (χ4n) is 3.76. The maximum Gasteiger partial charge on any atom is 0.335 e. The molecule has 0 fully saturated rings. The van der Waals surface area contributed by atoms with Crippen LogP contribution in [0.1, 0.15) is 38.7 Å². The summed E-state index contributed by atoms with van der Waals surface area (Å²) in [7, 11) is -3.45. The smallest absolute Gasteiger partial charge is 0.335 e. The van der Waals surface area contributed by atoms with E-state index in [2.05, 4.69) is 12.0 Å². The first-order chi connectivity index (χ1) is 16.1. The number of ether oxygens (including phenoxy) is 1. The number of rotatable bonds is 11. The van der Waals surface area contributed by atoms with Gasteiger partial charge in [0.15, 0.2) is 5.54 Å². The molecule has 3 rings (SSSR count). The summed E-state index contributed by atoms with van der Waals surface area (Å²) in [5, 5.41) is 4.60. The first-order valence-corrected chi connectivity index (χ1v) is 13.2. The van der Waals surface area contributed by atoms with Crippen LogP contribution in [-0.4, -0.2) is 12.6 Å². The number of carbonyl (C=O) groups excluding carboxylic acids is 1. The monoisotopic (exact) mass is 461 g/mol. The number of nitrogens with one attached hydrogen (secondary N) is 1. The van der Waals surface area contributed by atoms with Gasteiger partial charge in [-0.25, -0.2) is 9.88 Å². The second-order valence-electron chi connectivity index (χ2n) is 7.83. The van der Waals surface area contributed by atoms with Crippen molar-refractivity contribution in [2.75, 3.05) is 6.61 Å². The van der Waals surface area contributed by atoms with Crippen molar-refractivity contribution in [3.05, 3.63) is 109 Å². The van der Waals surface area contributed by atoms with Crippen molar-refractivity contribution in [3.8, 4) is 0 Å². The van der Waals surface area contributed by atoms with Crippen molar-refractivity contribution in [1.29, 1.82) is 0 Å². The van der Waals surface area contributed by atoms with Gasteiger partial charge < -0.3 is 4.74 Å². The fraction of sp³-hybridized carbons (Fsp3) is 0.250. The Labute approximate surface area is 197 Å². The van der Waals surface area contributed by atoms with Crippen molar-refractivity contribution in [2.45, 2.75) is 38.6 Å². The maximum absolute atomic E-state index is 14.9. The molecule has 0 radical (unpaired) electrons. The fourth-order valence-corrected chi connectivity index (χ4v) is 6.29. The Morgan fingerprint density at radius 1 is 0.879 bits per heavy atom. The molecule has 0 aliphatic rings. The van der Waals surface area contributed by atoms with Gasteiger partial charge in [-0.1, -0.05) is 98.6 Å². The molecule has 1 unspecified atom stereocenters. The van der Waals surface area contributed by atoms with E-state index in [-0.39, 0.29) is 6.61 Å². The molecule has 0 amide bonds. The number of benzene rings is 3. The molecule has 4 nitrogen and oxygen atoms in total. The van der Waals surface area contributed by atoms with Gasteiger partial charge in [0.2, 0.25) is 7.29 Å². The molecule has 1 atom stereocenters. The second-order valence-corrected chi connectivity index (χ2v) is 10.3. The third-order valence-electron chi connectivity index (χ3n) is 5.49. The Morgan fingerprint density at radius 3 is 1.88 bits per heavy atom. The highest BCUT2D eigenvalue weighted by Gasteiger charge is 2.45. The van der Waals surface area contributed by atoms with E-state index in [1.807, 2.05) is 103 Å². The number of unbranched alkanes of at least 4 members (excludes halogenated alkanes) is 2. The molecule has 5 heteroatoms. The van der Waals surface area contributed by atoms with Gasteiger partial charge in [0.1, 0.15) is 0 Å². The highest BCUT2D eigenvalue weighted by atomic mass is 31.2. The Morgan fingerprint density at radius 2 is 1.39 bits per heavy atom. The number of hydrogen-bond acceptors (Lipinski definition) is 3. The molecule has 0 aliphatic carbocycles. The molecule has 1 N–H and O–H groups in total. The molecular formula is C28H32NO3P. The maximum atomic E-state index is 14.9. The van der Waals surface area contributed by atoms with Crippen LogP contribution in [0.2, 0.25) is 0 Å². The molecule has 0 saturated carbocycles. The normalized spacial score (nSPS) is 13.5. The van der Waals surface area contributed by atoms with Crippen molar-refractivity contribution < 1.29 is 14.1 Å². The van der Waals surface area contributed by atoms with Crippen LogP contribution in [0.4, 0.5) is 0 Å². The molecule has 0 bridgehead atoms. The minimum absolute atomic E-state index is 0.221. The van der Waals surface area contributed by atoms with Crippen molar-refractivity contribution in [3.63, 3.8) is 0 Å². The average Bonchev–Trinajstić information content (AvgIpc) is 2.87. The average molecular weight is 462 g/mol. The van der Waals surface area contributed by atoms with E-state index in [1.54, 1.807) is 6.92 Å². The van der Waals surface area contributed by atoms with Gasteiger partial charge in [0.25, 0.3) is 0 Å². The van der Waals surface area contributed by atoms with E-state index in [9.17, 15) is 9.36 Å². The first kappa shape index (κ1) is 24.7. The quantitative estimate of drug-likeness (QED) is 0.172. The van der Waals surface area contributed by atoms with Crippen LogP contribution in [0.3, 0.4) is 0 Å². The summed E-state index contributed by atoms with van der Waals surface area (Å²) in [5.41, 5.74) is -0.727. The highest BCUT2D eigenvalue weighted by molar-refractivity contribution is 7.77. The molecule has 0 spiro atoms. The molecule has 3 aromatic rings. The van der Waals surface area contributed by atoms with Crippen LogP contribution in [0.15, 0.2) is 103 Å². The van der Waals surface area contributed by atoms with E-state index in [0.29, 0.717) is 16.2 Å². The van der Waals surface area contributed by atoms with Crippen molar-refractivity contribution in [1.82, 2.24) is 5.09 Å². The zero-order valence-corrected chi connectivity index (χ0v) is 20.2. The van der Waals surface area contributed by atoms with Crippen LogP contribution in [-0.2, 0) is 19.6 Å². The van der Waals surface area contributed by atoms with Gasteiger partial charge >= 0.3 is 5.97 Å². The van der Waals surface area contributed by atoms with Gasteiger partial charge in [-0.05, 0) is 43.2 Å². The summed E-state index contributed by atoms with van der Waals surface area (Å²) in [6.45, 7) is 4.13. The summed E-state index contributed by atoms with van der Waals surface area (Å²) in [4.78, 5) is 13.6. The van der Waals surface area contributed by atoms with E-state index < -0.39 is 18.8 Å². The Balaban J connectivity index is 2.24. The molecular weight excluding hydrogens is 429 g/mol. The van der Waals surface area contributed by atoms with E-state index in [4.69, 9.17) is 4.74 Å². The van der Waals surface area contributed by atoms with Gasteiger partial charge in [0.05, 0.1) is 6.61 Å². The van der Waals surface area contributed by atoms with Crippen molar-refractivity contribution in [2.24, 2.45) is 0 Å². The van der Waals surface area contributed by atoms with Gasteiger partial charge in [-0.3, -0.25) is 4.57 Å². The minimum atomic E-state index is -3.45. The summed E-state index contributed by atoms with van der Waals surface area (Å²) in [6, 6.07) is 27.9. The van der Waals surface area contributed by atoms with Crippen LogP contribution in [0.5, 0.6) is 0 Å². The second kappa shape index (κ2) is 11.8. The highest BCUT2D eigenvalue weighted by Crippen LogP contribution is 2.44. The van der Waals surface area contributed by atoms with E-state index in [0.717, 1.165) is 19.3 Å². The topological polar surface area (TPSA) is 55.4 Å². The molecule has 33 heavy (non-hydrogen) atoms. The first-order valence-electron chi connectivity index (χ1n) is 11.5. The lowest BCUT2D eigenvalue weighted by Gasteiger charge is -2.35. The van der Waals surface area contributed by atoms with Crippen LogP contribution in [0, 0.1) is 0 Å². The van der Waals surface area contributed by atoms with Crippen LogP contribution < -0.4 is 15.7 Å². The number of carbonyl (C=O) groups is 1. The Bertz CT molecular complexity index is 1040. The van der Waals surface area contributed by atoms with Crippen molar-refractivity contribution >= 4 is 23.9 Å². The number of hydrogen-bond donors (Lipinski definition) is 1. The standard InChI is InChI=1S/C28H32NO3P/c1-3-5-6-16-23-28(27(30)32-4-2,24-17-10-7-11-18-24)29-33(31,25-19-12-8-13-20-25)26-21-14-9-15-22-26/h7-23H,3-6H2,1-2H3,(H,29,31)/b23-16+. The molecule has 172 valence electrons. The summed E-state index contributed by atoms with van der Waals surface area (Å²) < 4.78 is 20.4. The molecule has 0 heterocycles. The summed E-state index contributed by atoms with van der Waals surface area (Å²) in [6.07, 6.45) is 6.67. The van der Waals surface area contributed by atoms with Gasteiger partial charge in [-0.15, -0.1) is 0 Å². The lowest BCUT2D eigenvalue weighted by molar-refractivity contribution is -0.148. The molecule has 0 aromatic heterocycles. The number of allylic oxidation sites excluding steroid dienone is 1. The van der Waals surface area contributed by atoms with Crippen LogP contribution in [0.25, 0.3) is 0 Å². The predicted octanol–water partition coefficient (Wildman–Crippen LogP) is 5.71. The Hall–Kier alpha value is -2.94. The third-order valence-corrected chi connectivity index (χ3v) is 8.21. The van der Waals surface area contributed by atoms with Gasteiger partial charge in [-0.2, -0.15) is 0 Å². The van der Waals surface area contributed by atoms with E-state index in [1.165, 1.54) is 0 Å². The molecule has 3 aromatic carbocycles. The summed E-state index contributed by atoms with van der Waals surface area (Å²) >= 11 is 0. The summed E-state index contributed by atoms with van der Waals surface area (Å²) in [5.74, 6) is -0.476. The van der Waals surface area contributed by atoms with E-state index >= 15 is 0 Å². The molecule has 0 aliphatic heterocycles. The SMILES string of the molecule is CCCC/C=C/C(NP(=O)(c1ccccc1)c1ccccc1)(C(=O)OCC)c1ccccc1. The third kappa shape index (κ3) is 5.71. The minimum Gasteiger partial charge on any atom is -0.464 e. The largest absolute Gasteiger partial charge is 0.464 e. The lowest BCUT2D eigenvalue weighted by atomic mass is 9.90. The predicted molar refractivity (Wildman–Crippen MR) is 136 cm³/mol. The Kier molecular flexibility index (Phi) is 8.82. The lowest BCUT2D eigenvalue weighted by Crippen LogP contribution is -2.50. The van der Waals surface area contributed by atoms with Gasteiger partial charge in [0, 0.05) is 10.6 Å². The molecule has 0 saturated heterocycles.